The average molecular weight is 271 g/mol. The van der Waals surface area contributed by atoms with Crippen LogP contribution in [0.5, 0.6) is 5.75 Å². The maximum absolute atomic E-state index is 5.46. The Bertz CT molecular complexity index is 505. The maximum atomic E-state index is 5.46. The first-order valence-corrected chi connectivity index (χ1v) is 6.79. The van der Waals surface area contributed by atoms with Gasteiger partial charge in [-0.05, 0) is 24.6 Å². The van der Waals surface area contributed by atoms with Crippen molar-refractivity contribution in [2.24, 2.45) is 0 Å². The van der Waals surface area contributed by atoms with Gasteiger partial charge in [-0.1, -0.05) is 24.8 Å². The predicted molar refractivity (Wildman–Crippen MR) is 80.7 cm³/mol. The lowest BCUT2D eigenvalue weighted by molar-refractivity contribution is 0.363. The second kappa shape index (κ2) is 7.50. The molecule has 20 heavy (non-hydrogen) atoms. The molecule has 0 saturated carbocycles. The van der Waals surface area contributed by atoms with Gasteiger partial charge in [-0.2, -0.15) is 0 Å². The van der Waals surface area contributed by atoms with Gasteiger partial charge in [-0.3, -0.25) is 0 Å². The SMILES string of the molecule is C=CCOc1ccc(CNC(C)Cn2ccnc2)cc1. The van der Waals surface area contributed by atoms with Gasteiger partial charge < -0.3 is 14.6 Å². The first kappa shape index (κ1) is 14.3. The molecule has 106 valence electrons. The molecule has 1 unspecified atom stereocenters. The van der Waals surface area contributed by atoms with Crippen molar-refractivity contribution in [2.75, 3.05) is 6.61 Å². The number of hydrogen-bond donors (Lipinski definition) is 1. The van der Waals surface area contributed by atoms with E-state index in [1.165, 1.54) is 5.56 Å². The summed E-state index contributed by atoms with van der Waals surface area (Å²) in [5.74, 6) is 0.875. The van der Waals surface area contributed by atoms with Crippen LogP contribution in [0.2, 0.25) is 0 Å². The Labute approximate surface area is 120 Å². The lowest BCUT2D eigenvalue weighted by Crippen LogP contribution is -2.29. The van der Waals surface area contributed by atoms with E-state index in [2.05, 4.69) is 40.5 Å². The van der Waals surface area contributed by atoms with Crippen molar-refractivity contribution in [1.82, 2.24) is 14.9 Å². The van der Waals surface area contributed by atoms with E-state index in [4.69, 9.17) is 4.74 Å². The van der Waals surface area contributed by atoms with Gasteiger partial charge in [0, 0.05) is 31.5 Å². The van der Waals surface area contributed by atoms with Crippen molar-refractivity contribution in [3.8, 4) is 5.75 Å². The summed E-state index contributed by atoms with van der Waals surface area (Å²) in [6.07, 6.45) is 7.36. The molecule has 1 N–H and O–H groups in total. The van der Waals surface area contributed by atoms with Crippen molar-refractivity contribution in [1.29, 1.82) is 0 Å². The molecule has 1 aromatic carbocycles. The highest BCUT2D eigenvalue weighted by atomic mass is 16.5. The molecule has 0 fully saturated rings. The molecule has 0 bridgehead atoms. The van der Waals surface area contributed by atoms with Crippen molar-refractivity contribution in [2.45, 2.75) is 26.1 Å². The summed E-state index contributed by atoms with van der Waals surface area (Å²) in [6.45, 7) is 8.10. The summed E-state index contributed by atoms with van der Waals surface area (Å²) in [7, 11) is 0. The maximum Gasteiger partial charge on any atom is 0.119 e. The Morgan fingerprint density at radius 3 is 2.85 bits per heavy atom. The van der Waals surface area contributed by atoms with Crippen LogP contribution in [0.3, 0.4) is 0 Å². The van der Waals surface area contributed by atoms with Gasteiger partial charge >= 0.3 is 0 Å². The topological polar surface area (TPSA) is 39.1 Å². The van der Waals surface area contributed by atoms with E-state index < -0.39 is 0 Å². The second-order valence-corrected chi connectivity index (χ2v) is 4.79. The molecule has 0 aliphatic rings. The molecular formula is C16H21N3O. The third-order valence-corrected chi connectivity index (χ3v) is 2.99. The van der Waals surface area contributed by atoms with E-state index in [0.29, 0.717) is 12.6 Å². The van der Waals surface area contributed by atoms with Gasteiger partial charge in [-0.15, -0.1) is 0 Å². The number of rotatable bonds is 8. The van der Waals surface area contributed by atoms with Gasteiger partial charge in [0.05, 0.1) is 6.33 Å². The summed E-state index contributed by atoms with van der Waals surface area (Å²) in [4.78, 5) is 4.04. The van der Waals surface area contributed by atoms with Crippen LogP contribution in [0, 0.1) is 0 Å². The molecule has 2 rings (SSSR count). The van der Waals surface area contributed by atoms with Crippen LogP contribution in [-0.2, 0) is 13.1 Å². The third-order valence-electron chi connectivity index (χ3n) is 2.99. The monoisotopic (exact) mass is 271 g/mol. The molecule has 0 spiro atoms. The number of nitrogens with zero attached hydrogens (tertiary/aromatic N) is 2. The summed E-state index contributed by atoms with van der Waals surface area (Å²) >= 11 is 0. The van der Waals surface area contributed by atoms with Gasteiger partial charge in [0.2, 0.25) is 0 Å². The average Bonchev–Trinajstić information content (AvgIpc) is 2.97. The predicted octanol–water partition coefficient (Wildman–Crippen LogP) is 2.63. The summed E-state index contributed by atoms with van der Waals surface area (Å²) in [5.41, 5.74) is 1.24. The smallest absolute Gasteiger partial charge is 0.119 e. The van der Waals surface area contributed by atoms with Crippen molar-refractivity contribution in [3.05, 3.63) is 61.2 Å². The lowest BCUT2D eigenvalue weighted by Gasteiger charge is -2.14. The normalized spacial score (nSPS) is 12.1. The molecule has 2 aromatic rings. The van der Waals surface area contributed by atoms with Crippen LogP contribution in [0.4, 0.5) is 0 Å². The summed E-state index contributed by atoms with van der Waals surface area (Å²) in [5, 5.41) is 3.49. The fourth-order valence-corrected chi connectivity index (χ4v) is 1.93. The Balaban J connectivity index is 1.77. The minimum atomic E-state index is 0.390. The number of imidazole rings is 1. The van der Waals surface area contributed by atoms with Gasteiger partial charge in [-0.25, -0.2) is 4.98 Å². The molecule has 0 amide bonds. The van der Waals surface area contributed by atoms with Crippen LogP contribution < -0.4 is 10.1 Å². The highest BCUT2D eigenvalue weighted by Crippen LogP contribution is 2.12. The van der Waals surface area contributed by atoms with Crippen LogP contribution in [0.1, 0.15) is 12.5 Å². The van der Waals surface area contributed by atoms with E-state index >= 15 is 0 Å². The number of ether oxygens (including phenoxy) is 1. The van der Waals surface area contributed by atoms with Crippen LogP contribution >= 0.6 is 0 Å². The molecule has 0 radical (unpaired) electrons. The molecule has 0 saturated heterocycles. The number of nitrogens with one attached hydrogen (secondary N) is 1. The fourth-order valence-electron chi connectivity index (χ4n) is 1.93. The Kier molecular flexibility index (Phi) is 5.38. The van der Waals surface area contributed by atoms with Crippen LogP contribution in [0.15, 0.2) is 55.6 Å². The molecular weight excluding hydrogens is 250 g/mol. The fraction of sp³-hybridized carbons (Fsp3) is 0.312. The van der Waals surface area contributed by atoms with Crippen molar-refractivity contribution >= 4 is 0 Å². The minimum absolute atomic E-state index is 0.390. The zero-order chi connectivity index (χ0) is 14.2. The van der Waals surface area contributed by atoms with Gasteiger partial charge in [0.15, 0.2) is 0 Å². The van der Waals surface area contributed by atoms with Crippen LogP contribution in [0.25, 0.3) is 0 Å². The standard InChI is InChI=1S/C16H21N3O/c1-3-10-20-16-6-4-15(5-7-16)11-18-14(2)12-19-9-8-17-13-19/h3-9,13-14,18H,1,10-12H2,2H3. The van der Waals surface area contributed by atoms with E-state index in [9.17, 15) is 0 Å². The van der Waals surface area contributed by atoms with Crippen LogP contribution in [-0.4, -0.2) is 22.2 Å². The lowest BCUT2D eigenvalue weighted by atomic mass is 10.2. The summed E-state index contributed by atoms with van der Waals surface area (Å²) < 4.78 is 7.53. The minimum Gasteiger partial charge on any atom is -0.490 e. The first-order valence-electron chi connectivity index (χ1n) is 6.79. The molecule has 4 nitrogen and oxygen atoms in total. The Morgan fingerprint density at radius 1 is 1.40 bits per heavy atom. The molecule has 1 aromatic heterocycles. The quantitative estimate of drug-likeness (QED) is 0.750. The third kappa shape index (κ3) is 4.55. The van der Waals surface area contributed by atoms with Crippen molar-refractivity contribution < 1.29 is 4.74 Å². The van der Waals surface area contributed by atoms with Gasteiger partial charge in [0.1, 0.15) is 12.4 Å². The molecule has 1 atom stereocenters. The zero-order valence-electron chi connectivity index (χ0n) is 11.8. The molecule has 1 heterocycles. The Hall–Kier alpha value is -2.07. The zero-order valence-corrected chi connectivity index (χ0v) is 11.8. The Morgan fingerprint density at radius 2 is 2.20 bits per heavy atom. The second-order valence-electron chi connectivity index (χ2n) is 4.79. The number of hydrogen-bond acceptors (Lipinski definition) is 3. The van der Waals surface area contributed by atoms with E-state index in [0.717, 1.165) is 18.8 Å². The summed E-state index contributed by atoms with van der Waals surface area (Å²) in [6, 6.07) is 8.52. The van der Waals surface area contributed by atoms with Crippen molar-refractivity contribution in [3.63, 3.8) is 0 Å². The van der Waals surface area contributed by atoms with E-state index in [1.807, 2.05) is 24.7 Å². The van der Waals surface area contributed by atoms with Gasteiger partial charge in [0.25, 0.3) is 0 Å². The molecule has 0 aliphatic heterocycles. The number of aromatic nitrogens is 2. The largest absolute Gasteiger partial charge is 0.490 e. The first-order chi connectivity index (χ1) is 9.78. The number of benzene rings is 1. The van der Waals surface area contributed by atoms with E-state index in [-0.39, 0.29) is 0 Å². The van der Waals surface area contributed by atoms with E-state index in [1.54, 1.807) is 12.3 Å². The molecule has 0 aliphatic carbocycles. The highest BCUT2D eigenvalue weighted by Gasteiger charge is 2.02. The highest BCUT2D eigenvalue weighted by molar-refractivity contribution is 5.27. The molecule has 4 heteroatoms.